The number of unbranched alkanes of at least 4 members (excludes halogenated alkanes) is 49. The van der Waals surface area contributed by atoms with E-state index in [1.54, 1.807) is 6.08 Å². The van der Waals surface area contributed by atoms with Crippen molar-refractivity contribution in [2.24, 2.45) is 0 Å². The van der Waals surface area contributed by atoms with Gasteiger partial charge in [-0.3, -0.25) is 4.79 Å². The number of hydrogen-bond acceptors (Lipinski definition) is 3. The Morgan fingerprint density at radius 1 is 0.343 bits per heavy atom. The Hall–Kier alpha value is -1.13. The van der Waals surface area contributed by atoms with E-state index in [0.717, 1.165) is 32.1 Å². The lowest BCUT2D eigenvalue weighted by molar-refractivity contribution is -0.123. The van der Waals surface area contributed by atoms with Gasteiger partial charge >= 0.3 is 0 Å². The molecule has 0 saturated heterocycles. The molecule has 0 heterocycles. The first-order valence-corrected chi connectivity index (χ1v) is 31.1. The maximum atomic E-state index is 12.5. The van der Waals surface area contributed by atoms with E-state index in [0.29, 0.717) is 6.42 Å². The summed E-state index contributed by atoms with van der Waals surface area (Å²) in [5, 5.41) is 23.1. The zero-order valence-corrected chi connectivity index (χ0v) is 46.0. The second-order valence-electron chi connectivity index (χ2n) is 21.5. The van der Waals surface area contributed by atoms with E-state index in [2.05, 4.69) is 31.3 Å². The van der Waals surface area contributed by atoms with E-state index in [1.807, 2.05) is 6.08 Å². The Morgan fingerprint density at radius 3 is 0.866 bits per heavy atom. The molecule has 0 bridgehead atoms. The zero-order valence-electron chi connectivity index (χ0n) is 46.0. The summed E-state index contributed by atoms with van der Waals surface area (Å²) in [5.74, 6) is -0.0662. The van der Waals surface area contributed by atoms with E-state index in [4.69, 9.17) is 0 Å². The van der Waals surface area contributed by atoms with Crippen LogP contribution in [-0.2, 0) is 4.79 Å². The van der Waals surface area contributed by atoms with E-state index in [-0.39, 0.29) is 12.5 Å². The van der Waals surface area contributed by atoms with Gasteiger partial charge in [0.05, 0.1) is 18.8 Å². The lowest BCUT2D eigenvalue weighted by Gasteiger charge is -2.19. The van der Waals surface area contributed by atoms with Crippen LogP contribution in [0.1, 0.15) is 354 Å². The van der Waals surface area contributed by atoms with Crippen molar-refractivity contribution in [1.82, 2.24) is 5.32 Å². The van der Waals surface area contributed by atoms with Crippen LogP contribution in [0.25, 0.3) is 0 Å². The summed E-state index contributed by atoms with van der Waals surface area (Å²) in [6.45, 7) is 4.34. The molecule has 0 radical (unpaired) electrons. The Kier molecular flexibility index (Phi) is 58.2. The predicted molar refractivity (Wildman–Crippen MR) is 299 cm³/mol. The molecule has 0 aliphatic heterocycles. The number of amides is 1. The number of hydrogen-bond donors (Lipinski definition) is 3. The molecule has 0 aromatic rings. The molecule has 1 amide bonds. The van der Waals surface area contributed by atoms with Crippen molar-refractivity contribution in [1.29, 1.82) is 0 Å². The highest BCUT2D eigenvalue weighted by Gasteiger charge is 2.18. The summed E-state index contributed by atoms with van der Waals surface area (Å²) < 4.78 is 0. The summed E-state index contributed by atoms with van der Waals surface area (Å²) in [5.41, 5.74) is 0. The molecule has 0 aliphatic carbocycles. The van der Waals surface area contributed by atoms with Crippen molar-refractivity contribution in [3.8, 4) is 0 Å². The summed E-state index contributed by atoms with van der Waals surface area (Å²) >= 11 is 0. The van der Waals surface area contributed by atoms with Crippen LogP contribution in [-0.4, -0.2) is 34.9 Å². The van der Waals surface area contributed by atoms with Crippen LogP contribution in [0, 0.1) is 0 Å². The van der Waals surface area contributed by atoms with E-state index >= 15 is 0 Å². The first-order chi connectivity index (χ1) is 33.2. The SMILES string of the molecule is CCCCCCCCCCCCCC/C=C/CC/C=C/C(O)C(CO)NC(=O)CCCCCCCCCCCCCCCCCCCCCCCCCCCCCCCCCCCCCCC. The Labute approximate surface area is 421 Å². The molecule has 0 aromatic carbocycles. The lowest BCUT2D eigenvalue weighted by Crippen LogP contribution is -2.45. The molecule has 0 spiro atoms. The number of rotatable bonds is 58. The highest BCUT2D eigenvalue weighted by molar-refractivity contribution is 5.76. The van der Waals surface area contributed by atoms with Crippen molar-refractivity contribution >= 4 is 5.91 Å². The van der Waals surface area contributed by atoms with Gasteiger partial charge in [-0.25, -0.2) is 0 Å². The molecule has 2 unspecified atom stereocenters. The molecule has 4 nitrogen and oxygen atoms in total. The summed E-state index contributed by atoms with van der Waals surface area (Å²) in [6, 6.07) is -0.636. The van der Waals surface area contributed by atoms with Gasteiger partial charge in [0.15, 0.2) is 0 Å². The number of aliphatic hydroxyl groups is 2. The minimum absolute atomic E-state index is 0.0662. The summed E-state index contributed by atoms with van der Waals surface area (Å²) in [6.07, 6.45) is 79.6. The van der Waals surface area contributed by atoms with E-state index in [9.17, 15) is 15.0 Å². The van der Waals surface area contributed by atoms with Crippen LogP contribution >= 0.6 is 0 Å². The third kappa shape index (κ3) is 55.7. The van der Waals surface area contributed by atoms with Crippen molar-refractivity contribution in [2.45, 2.75) is 366 Å². The first-order valence-electron chi connectivity index (χ1n) is 31.1. The quantitative estimate of drug-likeness (QED) is 0.0420. The predicted octanol–water partition coefficient (Wildman–Crippen LogP) is 20.7. The lowest BCUT2D eigenvalue weighted by atomic mass is 10.0. The van der Waals surface area contributed by atoms with Gasteiger partial charge in [-0.1, -0.05) is 340 Å². The minimum atomic E-state index is -0.859. The Balaban J connectivity index is 3.39. The number of aliphatic hydroxyl groups excluding tert-OH is 2. The van der Waals surface area contributed by atoms with Gasteiger partial charge in [-0.05, 0) is 32.1 Å². The second kappa shape index (κ2) is 59.2. The van der Waals surface area contributed by atoms with Crippen LogP contribution < -0.4 is 5.32 Å². The Bertz CT molecular complexity index is 978. The molecular formula is C63H123NO3. The standard InChI is InChI=1S/C63H123NO3/c1-3-5-7-9-11-13-15-17-19-21-23-24-25-26-27-28-29-30-31-32-33-34-35-36-37-38-39-40-41-43-45-47-49-51-53-55-57-59-63(67)64-61(60-65)62(66)58-56-54-52-50-48-46-44-42-22-20-18-16-14-12-10-8-6-4-2/h48,50,56,58,61-62,65-66H,3-47,49,51-55,57,59-60H2,1-2H3,(H,64,67)/b50-48+,58-56+. The number of allylic oxidation sites excluding steroid dienone is 3. The van der Waals surface area contributed by atoms with Gasteiger partial charge in [0, 0.05) is 6.42 Å². The van der Waals surface area contributed by atoms with Gasteiger partial charge in [-0.15, -0.1) is 0 Å². The smallest absolute Gasteiger partial charge is 0.220 e. The molecule has 3 N–H and O–H groups in total. The fourth-order valence-electron chi connectivity index (χ4n) is 9.97. The third-order valence-corrected chi connectivity index (χ3v) is 14.7. The van der Waals surface area contributed by atoms with Crippen LogP contribution in [0.2, 0.25) is 0 Å². The molecule has 4 heteroatoms. The molecule has 0 rings (SSSR count). The fourth-order valence-corrected chi connectivity index (χ4v) is 9.97. The van der Waals surface area contributed by atoms with Gasteiger partial charge < -0.3 is 15.5 Å². The van der Waals surface area contributed by atoms with Crippen LogP contribution in [0.4, 0.5) is 0 Å². The minimum Gasteiger partial charge on any atom is -0.394 e. The summed E-state index contributed by atoms with van der Waals surface area (Å²) in [7, 11) is 0. The monoisotopic (exact) mass is 942 g/mol. The average Bonchev–Trinajstić information content (AvgIpc) is 3.33. The molecule has 0 aliphatic rings. The first kappa shape index (κ1) is 65.9. The van der Waals surface area contributed by atoms with E-state index in [1.165, 1.54) is 302 Å². The number of carbonyl (C=O) groups is 1. The second-order valence-corrected chi connectivity index (χ2v) is 21.5. The topological polar surface area (TPSA) is 69.6 Å². The van der Waals surface area contributed by atoms with Crippen LogP contribution in [0.3, 0.4) is 0 Å². The molecule has 0 saturated carbocycles. The molecule has 398 valence electrons. The van der Waals surface area contributed by atoms with Crippen molar-refractivity contribution in [3.63, 3.8) is 0 Å². The fraction of sp³-hybridized carbons (Fsp3) is 0.921. The Morgan fingerprint density at radius 2 is 0.582 bits per heavy atom. The molecule has 0 fully saturated rings. The highest BCUT2D eigenvalue weighted by Crippen LogP contribution is 2.18. The van der Waals surface area contributed by atoms with Gasteiger partial charge in [-0.2, -0.15) is 0 Å². The molecule has 2 atom stereocenters. The third-order valence-electron chi connectivity index (χ3n) is 14.7. The normalized spacial score (nSPS) is 12.8. The maximum Gasteiger partial charge on any atom is 0.220 e. The van der Waals surface area contributed by atoms with Gasteiger partial charge in [0.25, 0.3) is 0 Å². The number of carbonyl (C=O) groups excluding carboxylic acids is 1. The van der Waals surface area contributed by atoms with Crippen molar-refractivity contribution in [3.05, 3.63) is 24.3 Å². The maximum absolute atomic E-state index is 12.5. The highest BCUT2D eigenvalue weighted by atomic mass is 16.3. The van der Waals surface area contributed by atoms with Gasteiger partial charge in [0.2, 0.25) is 5.91 Å². The number of nitrogens with one attached hydrogen (secondary N) is 1. The molecular weight excluding hydrogens is 819 g/mol. The summed E-state index contributed by atoms with van der Waals surface area (Å²) in [4.78, 5) is 12.5. The van der Waals surface area contributed by atoms with Crippen molar-refractivity contribution in [2.75, 3.05) is 6.61 Å². The zero-order chi connectivity index (χ0) is 48.5. The average molecular weight is 943 g/mol. The molecule has 0 aromatic heterocycles. The van der Waals surface area contributed by atoms with Crippen LogP contribution in [0.15, 0.2) is 24.3 Å². The molecule has 67 heavy (non-hydrogen) atoms. The largest absolute Gasteiger partial charge is 0.394 e. The van der Waals surface area contributed by atoms with Gasteiger partial charge in [0.1, 0.15) is 0 Å². The van der Waals surface area contributed by atoms with E-state index < -0.39 is 12.1 Å². The van der Waals surface area contributed by atoms with Crippen LogP contribution in [0.5, 0.6) is 0 Å². The van der Waals surface area contributed by atoms with Crippen molar-refractivity contribution < 1.29 is 15.0 Å².